The molecular weight excluding hydrogens is 427 g/mol. The molecule has 0 N–H and O–H groups in total. The Morgan fingerprint density at radius 3 is 2.56 bits per heavy atom. The summed E-state index contributed by atoms with van der Waals surface area (Å²) in [6.07, 6.45) is 4.53. The van der Waals surface area contributed by atoms with E-state index in [1.54, 1.807) is 12.1 Å². The third-order valence-electron chi connectivity index (χ3n) is 7.30. The Morgan fingerprint density at radius 2 is 1.76 bits per heavy atom. The fourth-order valence-electron chi connectivity index (χ4n) is 5.46. The smallest absolute Gasteiger partial charge is 0.229 e. The molecule has 2 saturated heterocycles. The van der Waals surface area contributed by atoms with Gasteiger partial charge in [0.2, 0.25) is 5.91 Å². The second-order valence-corrected chi connectivity index (χ2v) is 9.53. The van der Waals surface area contributed by atoms with Gasteiger partial charge < -0.3 is 9.64 Å². The van der Waals surface area contributed by atoms with E-state index in [1.165, 1.54) is 11.6 Å². The number of benzene rings is 2. The van der Waals surface area contributed by atoms with Gasteiger partial charge in [0.1, 0.15) is 5.82 Å². The second-order valence-electron chi connectivity index (χ2n) is 9.53. The molecule has 2 fully saturated rings. The van der Waals surface area contributed by atoms with Crippen molar-refractivity contribution < 1.29 is 13.9 Å². The van der Waals surface area contributed by atoms with Crippen molar-refractivity contribution in [2.75, 3.05) is 19.8 Å². The second kappa shape index (κ2) is 10.1. The zero-order valence-corrected chi connectivity index (χ0v) is 19.5. The number of ether oxygens (including phenoxy) is 1. The van der Waals surface area contributed by atoms with Crippen molar-refractivity contribution in [3.05, 3.63) is 101 Å². The maximum Gasteiger partial charge on any atom is 0.229 e. The Balaban J connectivity index is 1.39. The highest BCUT2D eigenvalue weighted by molar-refractivity contribution is 5.84. The normalized spacial score (nSPS) is 19.8. The molecule has 0 bridgehead atoms. The van der Waals surface area contributed by atoms with Gasteiger partial charge in [0.15, 0.2) is 0 Å². The Bertz CT molecular complexity index is 1130. The van der Waals surface area contributed by atoms with Crippen LogP contribution < -0.4 is 0 Å². The van der Waals surface area contributed by atoms with Crippen LogP contribution in [-0.4, -0.2) is 35.5 Å². The van der Waals surface area contributed by atoms with Crippen molar-refractivity contribution in [2.24, 2.45) is 5.41 Å². The van der Waals surface area contributed by atoms with E-state index in [2.05, 4.69) is 17.0 Å². The van der Waals surface area contributed by atoms with Gasteiger partial charge in [0.25, 0.3) is 0 Å². The van der Waals surface area contributed by atoms with Gasteiger partial charge in [-0.05, 0) is 61.4 Å². The predicted molar refractivity (Wildman–Crippen MR) is 130 cm³/mol. The molecule has 1 amide bonds. The van der Waals surface area contributed by atoms with Crippen molar-refractivity contribution in [1.82, 2.24) is 9.88 Å². The summed E-state index contributed by atoms with van der Waals surface area (Å²) in [4.78, 5) is 21.1. The molecule has 0 spiro atoms. The minimum atomic E-state index is -0.438. The van der Waals surface area contributed by atoms with Crippen LogP contribution in [0.15, 0.2) is 72.8 Å². The minimum absolute atomic E-state index is 0.0384. The quantitative estimate of drug-likeness (QED) is 0.489. The van der Waals surface area contributed by atoms with Crippen LogP contribution in [0.3, 0.4) is 0 Å². The molecule has 0 radical (unpaired) electrons. The molecule has 1 atom stereocenters. The number of aromatic nitrogens is 1. The average molecular weight is 459 g/mol. The number of amides is 1. The Kier molecular flexibility index (Phi) is 6.73. The first-order valence-corrected chi connectivity index (χ1v) is 12.3. The maximum absolute atomic E-state index is 14.2. The largest absolute Gasteiger partial charge is 0.381 e. The van der Waals surface area contributed by atoms with Crippen LogP contribution in [0.1, 0.15) is 54.2 Å². The van der Waals surface area contributed by atoms with E-state index in [0.29, 0.717) is 25.2 Å². The highest BCUT2D eigenvalue weighted by atomic mass is 19.1. The molecule has 0 saturated carbocycles. The lowest BCUT2D eigenvalue weighted by Gasteiger charge is -2.40. The zero-order valence-electron chi connectivity index (χ0n) is 19.5. The summed E-state index contributed by atoms with van der Waals surface area (Å²) >= 11 is 0. The summed E-state index contributed by atoms with van der Waals surface area (Å²) < 4.78 is 19.8. The number of hydrogen-bond donors (Lipinski definition) is 0. The molecule has 0 unspecified atom stereocenters. The van der Waals surface area contributed by atoms with Crippen LogP contribution in [0.5, 0.6) is 0 Å². The van der Waals surface area contributed by atoms with Crippen molar-refractivity contribution in [1.29, 1.82) is 0 Å². The fraction of sp³-hybridized carbons (Fsp3) is 0.379. The number of likely N-dealkylation sites (tertiary alicyclic amines) is 1. The van der Waals surface area contributed by atoms with Crippen LogP contribution >= 0.6 is 0 Å². The molecule has 3 heterocycles. The minimum Gasteiger partial charge on any atom is -0.381 e. The first-order chi connectivity index (χ1) is 16.6. The highest BCUT2D eigenvalue weighted by Crippen LogP contribution is 2.41. The predicted octanol–water partition coefficient (Wildman–Crippen LogP) is 5.51. The fourth-order valence-corrected chi connectivity index (χ4v) is 5.46. The lowest BCUT2D eigenvalue weighted by molar-refractivity contribution is -0.149. The molecule has 34 heavy (non-hydrogen) atoms. The maximum atomic E-state index is 14.2. The summed E-state index contributed by atoms with van der Waals surface area (Å²) in [5.41, 5.74) is 3.12. The summed E-state index contributed by atoms with van der Waals surface area (Å²) in [6.45, 7) is 1.99. The van der Waals surface area contributed by atoms with E-state index in [1.807, 2.05) is 42.5 Å². The van der Waals surface area contributed by atoms with E-state index in [4.69, 9.17) is 9.72 Å². The Morgan fingerprint density at radius 1 is 1.00 bits per heavy atom. The monoisotopic (exact) mass is 458 g/mol. The van der Waals surface area contributed by atoms with Gasteiger partial charge in [-0.2, -0.15) is 0 Å². The van der Waals surface area contributed by atoms with Crippen LogP contribution in [-0.2, 0) is 22.4 Å². The molecule has 0 aliphatic carbocycles. The van der Waals surface area contributed by atoms with Gasteiger partial charge in [-0.25, -0.2) is 4.39 Å². The first kappa shape index (κ1) is 22.7. The van der Waals surface area contributed by atoms with Gasteiger partial charge in [-0.15, -0.1) is 0 Å². The standard InChI is InChI=1S/C29H31FN2O2/c30-25-12-5-4-10-23(25)20-24-11-6-13-26(31-24)27-14-7-17-32(27)28(33)29(15-18-34-19-16-29)21-22-8-2-1-3-9-22/h1-6,8-13,27H,7,14-21H2/t27-/m1/s1. The summed E-state index contributed by atoms with van der Waals surface area (Å²) in [7, 11) is 0. The van der Waals surface area contributed by atoms with Gasteiger partial charge in [-0.1, -0.05) is 54.6 Å². The van der Waals surface area contributed by atoms with Crippen molar-refractivity contribution in [3.8, 4) is 0 Å². The third-order valence-corrected chi connectivity index (χ3v) is 7.30. The summed E-state index contributed by atoms with van der Waals surface area (Å²) in [5.74, 6) is 0.0122. The van der Waals surface area contributed by atoms with Gasteiger partial charge in [0.05, 0.1) is 17.2 Å². The SMILES string of the molecule is O=C(N1CCC[C@@H]1c1cccc(Cc2ccccc2F)n1)C1(Cc2ccccc2)CCOCC1. The Labute approximate surface area is 200 Å². The number of halogens is 1. The number of nitrogens with zero attached hydrogens (tertiary/aromatic N) is 2. The molecule has 2 aliphatic rings. The van der Waals surface area contributed by atoms with Crippen molar-refractivity contribution in [3.63, 3.8) is 0 Å². The number of carbonyl (C=O) groups excluding carboxylic acids is 1. The number of hydrogen-bond acceptors (Lipinski definition) is 3. The highest BCUT2D eigenvalue weighted by Gasteiger charge is 2.45. The van der Waals surface area contributed by atoms with E-state index in [0.717, 1.165) is 50.0 Å². The van der Waals surface area contributed by atoms with Crippen LogP contribution in [0.2, 0.25) is 0 Å². The van der Waals surface area contributed by atoms with Crippen LogP contribution in [0.4, 0.5) is 4.39 Å². The van der Waals surface area contributed by atoms with E-state index in [-0.39, 0.29) is 17.8 Å². The topological polar surface area (TPSA) is 42.4 Å². The van der Waals surface area contributed by atoms with Crippen LogP contribution in [0, 0.1) is 11.2 Å². The molecule has 2 aliphatic heterocycles. The average Bonchev–Trinajstić information content (AvgIpc) is 3.36. The van der Waals surface area contributed by atoms with Gasteiger partial charge in [0, 0.05) is 31.9 Å². The molecule has 5 heteroatoms. The third kappa shape index (κ3) is 4.76. The van der Waals surface area contributed by atoms with Crippen molar-refractivity contribution in [2.45, 2.75) is 44.6 Å². The molecule has 176 valence electrons. The molecule has 5 rings (SSSR count). The van der Waals surface area contributed by atoms with Gasteiger partial charge >= 0.3 is 0 Å². The summed E-state index contributed by atoms with van der Waals surface area (Å²) in [5, 5.41) is 0. The lowest BCUT2D eigenvalue weighted by Crippen LogP contribution is -2.48. The van der Waals surface area contributed by atoms with Gasteiger partial charge in [-0.3, -0.25) is 9.78 Å². The molecule has 1 aromatic heterocycles. The summed E-state index contributed by atoms with van der Waals surface area (Å²) in [6, 6.07) is 23.0. The van der Waals surface area contributed by atoms with E-state index in [9.17, 15) is 9.18 Å². The van der Waals surface area contributed by atoms with Crippen LogP contribution in [0.25, 0.3) is 0 Å². The molecule has 4 nitrogen and oxygen atoms in total. The number of rotatable bonds is 6. The van der Waals surface area contributed by atoms with E-state index < -0.39 is 5.41 Å². The molecule has 3 aromatic rings. The molecular formula is C29H31FN2O2. The molecule has 2 aromatic carbocycles. The number of pyridine rings is 1. The lowest BCUT2D eigenvalue weighted by atomic mass is 9.74. The zero-order chi connectivity index (χ0) is 23.4. The first-order valence-electron chi connectivity index (χ1n) is 12.3. The number of carbonyl (C=O) groups is 1. The van der Waals surface area contributed by atoms with Crippen molar-refractivity contribution >= 4 is 5.91 Å². The van der Waals surface area contributed by atoms with E-state index >= 15 is 0 Å². The Hall–Kier alpha value is -3.05.